The molecular formula is C12H16N2O4. The molecule has 4 N–H and O–H groups in total. The topological polar surface area (TPSA) is 98.7 Å². The lowest BCUT2D eigenvalue weighted by molar-refractivity contribution is -0.120. The summed E-state index contributed by atoms with van der Waals surface area (Å²) < 4.78 is 0. The van der Waals surface area contributed by atoms with E-state index in [9.17, 15) is 19.8 Å². The highest BCUT2D eigenvalue weighted by Crippen LogP contribution is 2.21. The largest absolute Gasteiger partial charge is 0.508 e. The molecule has 0 unspecified atom stereocenters. The number of rotatable bonds is 5. The summed E-state index contributed by atoms with van der Waals surface area (Å²) >= 11 is 0. The summed E-state index contributed by atoms with van der Waals surface area (Å²) in [6.45, 7) is 2.30. The van der Waals surface area contributed by atoms with E-state index in [-0.39, 0.29) is 29.5 Å². The molecule has 0 radical (unpaired) electrons. The summed E-state index contributed by atoms with van der Waals surface area (Å²) in [4.78, 5) is 22.9. The number of amides is 2. The van der Waals surface area contributed by atoms with E-state index in [0.717, 1.165) is 12.5 Å². The van der Waals surface area contributed by atoms with Crippen molar-refractivity contribution in [2.24, 2.45) is 0 Å². The molecule has 0 aliphatic heterocycles. The Labute approximate surface area is 105 Å². The Kier molecular flexibility index (Phi) is 4.98. The van der Waals surface area contributed by atoms with Gasteiger partial charge in [0.1, 0.15) is 11.5 Å². The fourth-order valence-corrected chi connectivity index (χ4v) is 1.29. The number of carbonyl (C=O) groups excluding carboxylic acids is 2. The highest BCUT2D eigenvalue weighted by atomic mass is 16.3. The van der Waals surface area contributed by atoms with Crippen LogP contribution in [0.5, 0.6) is 11.5 Å². The van der Waals surface area contributed by atoms with Gasteiger partial charge in [0.2, 0.25) is 5.91 Å². The van der Waals surface area contributed by atoms with Gasteiger partial charge in [-0.15, -0.1) is 0 Å². The monoisotopic (exact) mass is 252 g/mol. The van der Waals surface area contributed by atoms with E-state index in [1.807, 2.05) is 6.92 Å². The number of phenols is 2. The standard InChI is InChI=1S/C12H16N2O4/c1-2-5-13-11(17)7-14-12(18)9-6-8(15)3-4-10(9)16/h3-4,6,15-16H,2,5,7H2,1H3,(H,13,17)(H,14,18). The van der Waals surface area contributed by atoms with Crippen molar-refractivity contribution < 1.29 is 19.8 Å². The molecule has 0 bridgehead atoms. The Bertz CT molecular complexity index is 446. The minimum absolute atomic E-state index is 0.0710. The van der Waals surface area contributed by atoms with Crippen LogP contribution >= 0.6 is 0 Å². The summed E-state index contributed by atoms with van der Waals surface area (Å²) in [6, 6.07) is 3.61. The summed E-state index contributed by atoms with van der Waals surface area (Å²) in [5, 5.41) is 23.6. The summed E-state index contributed by atoms with van der Waals surface area (Å²) in [5.41, 5.74) is -0.0710. The maximum atomic E-state index is 11.6. The molecule has 1 rings (SSSR count). The number of hydrogen-bond acceptors (Lipinski definition) is 4. The lowest BCUT2D eigenvalue weighted by Crippen LogP contribution is -2.37. The van der Waals surface area contributed by atoms with Crippen LogP contribution in [0.1, 0.15) is 23.7 Å². The van der Waals surface area contributed by atoms with E-state index in [4.69, 9.17) is 0 Å². The second-order valence-electron chi connectivity index (χ2n) is 3.73. The molecule has 0 spiro atoms. The van der Waals surface area contributed by atoms with Crippen LogP contribution in [0, 0.1) is 0 Å². The van der Waals surface area contributed by atoms with E-state index in [0.29, 0.717) is 6.54 Å². The number of nitrogens with one attached hydrogen (secondary N) is 2. The van der Waals surface area contributed by atoms with Crippen LogP contribution in [0.2, 0.25) is 0 Å². The van der Waals surface area contributed by atoms with Crippen LogP contribution in [0.25, 0.3) is 0 Å². The lowest BCUT2D eigenvalue weighted by Gasteiger charge is -2.07. The van der Waals surface area contributed by atoms with Gasteiger partial charge < -0.3 is 20.8 Å². The van der Waals surface area contributed by atoms with E-state index in [1.54, 1.807) is 0 Å². The molecule has 2 amide bonds. The molecule has 0 aliphatic carbocycles. The third-order valence-corrected chi connectivity index (χ3v) is 2.21. The van der Waals surface area contributed by atoms with Gasteiger partial charge in [0.05, 0.1) is 12.1 Å². The fraction of sp³-hybridized carbons (Fsp3) is 0.333. The molecule has 18 heavy (non-hydrogen) atoms. The fourth-order valence-electron chi connectivity index (χ4n) is 1.29. The predicted molar refractivity (Wildman–Crippen MR) is 65.4 cm³/mol. The minimum Gasteiger partial charge on any atom is -0.508 e. The van der Waals surface area contributed by atoms with Crippen molar-refractivity contribution >= 4 is 11.8 Å². The lowest BCUT2D eigenvalue weighted by atomic mass is 10.2. The van der Waals surface area contributed by atoms with E-state index in [1.165, 1.54) is 12.1 Å². The Morgan fingerprint density at radius 2 is 1.94 bits per heavy atom. The predicted octanol–water partition coefficient (Wildman–Crippen LogP) is 0.354. The van der Waals surface area contributed by atoms with Crippen molar-refractivity contribution in [3.8, 4) is 11.5 Å². The van der Waals surface area contributed by atoms with Gasteiger partial charge in [0.25, 0.3) is 5.91 Å². The third kappa shape index (κ3) is 3.97. The van der Waals surface area contributed by atoms with Gasteiger partial charge in [-0.2, -0.15) is 0 Å². The molecule has 0 atom stereocenters. The number of carbonyl (C=O) groups is 2. The zero-order valence-corrected chi connectivity index (χ0v) is 10.1. The molecule has 6 nitrogen and oxygen atoms in total. The zero-order valence-electron chi connectivity index (χ0n) is 10.1. The maximum Gasteiger partial charge on any atom is 0.255 e. The molecule has 0 saturated heterocycles. The van der Waals surface area contributed by atoms with Gasteiger partial charge in [0, 0.05) is 6.54 Å². The SMILES string of the molecule is CCCNC(=O)CNC(=O)c1cc(O)ccc1O. The highest BCUT2D eigenvalue weighted by molar-refractivity contribution is 5.99. The smallest absolute Gasteiger partial charge is 0.255 e. The van der Waals surface area contributed by atoms with Crippen molar-refractivity contribution in [2.75, 3.05) is 13.1 Å². The third-order valence-electron chi connectivity index (χ3n) is 2.21. The van der Waals surface area contributed by atoms with Gasteiger partial charge in [-0.25, -0.2) is 0 Å². The molecular weight excluding hydrogens is 236 g/mol. The van der Waals surface area contributed by atoms with E-state index in [2.05, 4.69) is 10.6 Å². The Balaban J connectivity index is 2.55. The summed E-state index contributed by atoms with van der Waals surface area (Å²) in [5.74, 6) is -1.30. The molecule has 0 aromatic heterocycles. The van der Waals surface area contributed by atoms with E-state index < -0.39 is 5.91 Å². The van der Waals surface area contributed by atoms with Crippen molar-refractivity contribution in [1.82, 2.24) is 10.6 Å². The number of phenolic OH excluding ortho intramolecular Hbond substituents is 2. The Morgan fingerprint density at radius 1 is 1.22 bits per heavy atom. The van der Waals surface area contributed by atoms with Gasteiger partial charge in [-0.05, 0) is 24.6 Å². The number of benzene rings is 1. The summed E-state index contributed by atoms with van der Waals surface area (Å²) in [7, 11) is 0. The normalized spacial score (nSPS) is 9.83. The molecule has 98 valence electrons. The van der Waals surface area contributed by atoms with Crippen molar-refractivity contribution in [3.05, 3.63) is 23.8 Å². The van der Waals surface area contributed by atoms with Gasteiger partial charge in [-0.3, -0.25) is 9.59 Å². The molecule has 0 aliphatic rings. The zero-order chi connectivity index (χ0) is 13.5. The van der Waals surface area contributed by atoms with E-state index >= 15 is 0 Å². The van der Waals surface area contributed by atoms with Crippen molar-refractivity contribution in [1.29, 1.82) is 0 Å². The van der Waals surface area contributed by atoms with Gasteiger partial charge >= 0.3 is 0 Å². The second kappa shape index (κ2) is 6.48. The van der Waals surface area contributed by atoms with Crippen LogP contribution < -0.4 is 10.6 Å². The first-order valence-corrected chi connectivity index (χ1v) is 5.61. The first-order valence-electron chi connectivity index (χ1n) is 5.61. The second-order valence-corrected chi connectivity index (χ2v) is 3.73. The molecule has 0 heterocycles. The highest BCUT2D eigenvalue weighted by Gasteiger charge is 2.12. The van der Waals surface area contributed by atoms with Crippen molar-refractivity contribution in [3.63, 3.8) is 0 Å². The molecule has 0 saturated carbocycles. The minimum atomic E-state index is -0.616. The van der Waals surface area contributed by atoms with Crippen LogP contribution in [-0.2, 0) is 4.79 Å². The average Bonchev–Trinajstić information content (AvgIpc) is 2.36. The quantitative estimate of drug-likeness (QED) is 0.568. The van der Waals surface area contributed by atoms with Crippen LogP contribution in [0.4, 0.5) is 0 Å². The first-order chi connectivity index (χ1) is 8.54. The van der Waals surface area contributed by atoms with Crippen LogP contribution in [0.3, 0.4) is 0 Å². The Hall–Kier alpha value is -2.24. The van der Waals surface area contributed by atoms with Gasteiger partial charge in [-0.1, -0.05) is 6.92 Å². The van der Waals surface area contributed by atoms with Crippen LogP contribution in [0.15, 0.2) is 18.2 Å². The first kappa shape index (κ1) is 13.8. The van der Waals surface area contributed by atoms with Crippen molar-refractivity contribution in [2.45, 2.75) is 13.3 Å². The maximum absolute atomic E-state index is 11.6. The summed E-state index contributed by atoms with van der Waals surface area (Å²) in [6.07, 6.45) is 0.813. The average molecular weight is 252 g/mol. The molecule has 0 fully saturated rings. The van der Waals surface area contributed by atoms with Gasteiger partial charge in [0.15, 0.2) is 0 Å². The number of hydrogen-bond donors (Lipinski definition) is 4. The molecule has 6 heteroatoms. The molecule has 1 aromatic carbocycles. The molecule has 1 aromatic rings. The Morgan fingerprint density at radius 3 is 2.61 bits per heavy atom. The van der Waals surface area contributed by atoms with Crippen LogP contribution in [-0.4, -0.2) is 35.1 Å². The number of aromatic hydroxyl groups is 2.